The first-order valence-electron chi connectivity index (χ1n) is 5.60. The number of ether oxygens (including phenoxy) is 1. The molecule has 0 amide bonds. The van der Waals surface area contributed by atoms with Gasteiger partial charge < -0.3 is 9.84 Å². The van der Waals surface area contributed by atoms with Gasteiger partial charge in [-0.3, -0.25) is 4.68 Å². The molecule has 17 heavy (non-hydrogen) atoms. The molecule has 1 heterocycles. The summed E-state index contributed by atoms with van der Waals surface area (Å²) in [5.41, 5.74) is 1.53. The maximum atomic E-state index is 10.4. The highest BCUT2D eigenvalue weighted by molar-refractivity contribution is 5.38. The molecule has 4 heteroatoms. The van der Waals surface area contributed by atoms with Crippen LogP contribution in [0.3, 0.4) is 0 Å². The zero-order valence-corrected chi connectivity index (χ0v) is 10.00. The summed E-state index contributed by atoms with van der Waals surface area (Å²) < 4.78 is 7.02. The second kappa shape index (κ2) is 5.01. The van der Waals surface area contributed by atoms with Gasteiger partial charge in [-0.2, -0.15) is 5.10 Å². The number of methoxy groups -OCH3 is 1. The fourth-order valence-corrected chi connectivity index (χ4v) is 1.89. The van der Waals surface area contributed by atoms with Crippen molar-refractivity contribution in [1.82, 2.24) is 9.78 Å². The minimum Gasteiger partial charge on any atom is -0.496 e. The highest BCUT2D eigenvalue weighted by atomic mass is 16.5. The van der Waals surface area contributed by atoms with Gasteiger partial charge in [-0.05, 0) is 19.1 Å². The van der Waals surface area contributed by atoms with Gasteiger partial charge >= 0.3 is 0 Å². The molecule has 2 aromatic rings. The highest BCUT2D eigenvalue weighted by Crippen LogP contribution is 2.29. The predicted octanol–water partition coefficient (Wildman–Crippen LogP) is 1.99. The third-order valence-electron chi connectivity index (χ3n) is 2.76. The molecule has 0 radical (unpaired) electrons. The highest BCUT2D eigenvalue weighted by Gasteiger charge is 2.18. The van der Waals surface area contributed by atoms with E-state index in [4.69, 9.17) is 4.74 Å². The van der Waals surface area contributed by atoms with E-state index in [1.165, 1.54) is 0 Å². The lowest BCUT2D eigenvalue weighted by molar-refractivity contribution is 0.203. The number of aryl methyl sites for hydroxylation is 1. The van der Waals surface area contributed by atoms with Gasteiger partial charge in [0, 0.05) is 18.3 Å². The lowest BCUT2D eigenvalue weighted by atomic mass is 10.1. The van der Waals surface area contributed by atoms with Gasteiger partial charge in [0.2, 0.25) is 0 Å². The SMILES string of the molecule is CCn1nccc1C(O)c1ccccc1OC. The zero-order valence-electron chi connectivity index (χ0n) is 10.00. The summed E-state index contributed by atoms with van der Waals surface area (Å²) in [6.45, 7) is 2.72. The molecule has 1 aromatic heterocycles. The van der Waals surface area contributed by atoms with Crippen LogP contribution in [-0.4, -0.2) is 22.0 Å². The first kappa shape index (κ1) is 11.7. The van der Waals surface area contributed by atoms with Crippen LogP contribution in [0.15, 0.2) is 36.5 Å². The number of hydrogen-bond donors (Lipinski definition) is 1. The molecule has 0 bridgehead atoms. The summed E-state index contributed by atoms with van der Waals surface area (Å²) in [5.74, 6) is 0.684. The number of para-hydroxylation sites is 1. The van der Waals surface area contributed by atoms with Crippen LogP contribution in [0.25, 0.3) is 0 Å². The predicted molar refractivity (Wildman–Crippen MR) is 65.0 cm³/mol. The molecular formula is C13H16N2O2. The second-order valence-corrected chi connectivity index (χ2v) is 3.72. The van der Waals surface area contributed by atoms with Crippen LogP contribution < -0.4 is 4.74 Å². The van der Waals surface area contributed by atoms with Crippen LogP contribution in [0.5, 0.6) is 5.75 Å². The Hall–Kier alpha value is -1.81. The molecule has 1 aromatic carbocycles. The average Bonchev–Trinajstić information content (AvgIpc) is 2.86. The molecule has 90 valence electrons. The summed E-state index contributed by atoms with van der Waals surface area (Å²) in [5, 5.41) is 14.5. The van der Waals surface area contributed by atoms with Crippen molar-refractivity contribution in [2.45, 2.75) is 19.6 Å². The Labute approximate surface area is 100 Å². The van der Waals surface area contributed by atoms with Crippen molar-refractivity contribution in [2.75, 3.05) is 7.11 Å². The lowest BCUT2D eigenvalue weighted by Gasteiger charge is -2.15. The molecule has 1 unspecified atom stereocenters. The first-order chi connectivity index (χ1) is 8.27. The number of aromatic nitrogens is 2. The van der Waals surface area contributed by atoms with Crippen molar-refractivity contribution in [2.24, 2.45) is 0 Å². The van der Waals surface area contributed by atoms with Crippen molar-refractivity contribution < 1.29 is 9.84 Å². The molecule has 2 rings (SSSR count). The Morgan fingerprint density at radius 1 is 1.35 bits per heavy atom. The lowest BCUT2D eigenvalue weighted by Crippen LogP contribution is -2.09. The summed E-state index contributed by atoms with van der Waals surface area (Å²) in [7, 11) is 1.60. The summed E-state index contributed by atoms with van der Waals surface area (Å²) in [6.07, 6.45) is 0.978. The van der Waals surface area contributed by atoms with E-state index in [1.54, 1.807) is 18.0 Å². The van der Waals surface area contributed by atoms with Crippen LogP contribution in [-0.2, 0) is 6.54 Å². The van der Waals surface area contributed by atoms with E-state index in [0.717, 1.165) is 17.8 Å². The van der Waals surface area contributed by atoms with Gasteiger partial charge in [0.1, 0.15) is 11.9 Å². The topological polar surface area (TPSA) is 47.3 Å². The van der Waals surface area contributed by atoms with E-state index in [0.29, 0.717) is 5.75 Å². The number of aliphatic hydroxyl groups is 1. The molecule has 0 fully saturated rings. The van der Waals surface area contributed by atoms with Crippen LogP contribution in [0.4, 0.5) is 0 Å². The molecular weight excluding hydrogens is 216 g/mol. The Morgan fingerprint density at radius 2 is 2.12 bits per heavy atom. The maximum absolute atomic E-state index is 10.4. The van der Waals surface area contributed by atoms with Gasteiger partial charge in [-0.15, -0.1) is 0 Å². The van der Waals surface area contributed by atoms with E-state index >= 15 is 0 Å². The van der Waals surface area contributed by atoms with Crippen molar-refractivity contribution in [3.05, 3.63) is 47.8 Å². The van der Waals surface area contributed by atoms with E-state index in [1.807, 2.05) is 37.3 Å². The quantitative estimate of drug-likeness (QED) is 0.877. The van der Waals surface area contributed by atoms with Gasteiger partial charge in [0.15, 0.2) is 0 Å². The number of nitrogens with zero attached hydrogens (tertiary/aromatic N) is 2. The molecule has 0 aliphatic rings. The molecule has 1 N–H and O–H groups in total. The van der Waals surface area contributed by atoms with Crippen LogP contribution in [0.2, 0.25) is 0 Å². The molecule has 4 nitrogen and oxygen atoms in total. The van der Waals surface area contributed by atoms with Gasteiger partial charge in [0.25, 0.3) is 0 Å². The summed E-state index contributed by atoms with van der Waals surface area (Å²) in [6, 6.07) is 9.28. The number of rotatable bonds is 4. The standard InChI is InChI=1S/C13H16N2O2/c1-3-15-11(8-9-14-15)13(16)10-6-4-5-7-12(10)17-2/h4-9,13,16H,3H2,1-2H3. The van der Waals surface area contributed by atoms with Crippen LogP contribution in [0, 0.1) is 0 Å². The van der Waals surface area contributed by atoms with E-state index in [-0.39, 0.29) is 0 Å². The van der Waals surface area contributed by atoms with E-state index in [9.17, 15) is 5.11 Å². The van der Waals surface area contributed by atoms with E-state index < -0.39 is 6.10 Å². The van der Waals surface area contributed by atoms with E-state index in [2.05, 4.69) is 5.10 Å². The van der Waals surface area contributed by atoms with Gasteiger partial charge in [-0.1, -0.05) is 18.2 Å². The molecule has 0 aliphatic carbocycles. The zero-order chi connectivity index (χ0) is 12.3. The fraction of sp³-hybridized carbons (Fsp3) is 0.308. The Balaban J connectivity index is 2.40. The first-order valence-corrected chi connectivity index (χ1v) is 5.60. The molecule has 1 atom stereocenters. The third kappa shape index (κ3) is 2.17. The number of benzene rings is 1. The van der Waals surface area contributed by atoms with Crippen molar-refractivity contribution >= 4 is 0 Å². The minimum atomic E-state index is -0.714. The summed E-state index contributed by atoms with van der Waals surface area (Å²) in [4.78, 5) is 0. The number of aliphatic hydroxyl groups excluding tert-OH is 1. The third-order valence-corrected chi connectivity index (χ3v) is 2.76. The minimum absolute atomic E-state index is 0.684. The largest absolute Gasteiger partial charge is 0.496 e. The molecule has 0 saturated carbocycles. The van der Waals surface area contributed by atoms with Crippen molar-refractivity contribution in [3.8, 4) is 5.75 Å². The van der Waals surface area contributed by atoms with Crippen molar-refractivity contribution in [1.29, 1.82) is 0 Å². The Kier molecular flexibility index (Phi) is 3.44. The average molecular weight is 232 g/mol. The van der Waals surface area contributed by atoms with Gasteiger partial charge in [-0.25, -0.2) is 0 Å². The van der Waals surface area contributed by atoms with Crippen LogP contribution in [0.1, 0.15) is 24.3 Å². The normalized spacial score (nSPS) is 12.4. The van der Waals surface area contributed by atoms with Gasteiger partial charge in [0.05, 0.1) is 12.8 Å². The number of hydrogen-bond acceptors (Lipinski definition) is 3. The Bertz CT molecular complexity index is 494. The summed E-state index contributed by atoms with van der Waals surface area (Å²) >= 11 is 0. The smallest absolute Gasteiger partial charge is 0.125 e. The maximum Gasteiger partial charge on any atom is 0.125 e. The van der Waals surface area contributed by atoms with Crippen molar-refractivity contribution in [3.63, 3.8) is 0 Å². The molecule has 0 aliphatic heterocycles. The molecule has 0 spiro atoms. The van der Waals surface area contributed by atoms with Crippen LogP contribution >= 0.6 is 0 Å². The fourth-order valence-electron chi connectivity index (χ4n) is 1.89. The monoisotopic (exact) mass is 232 g/mol. The molecule has 0 saturated heterocycles. The second-order valence-electron chi connectivity index (χ2n) is 3.72. The Morgan fingerprint density at radius 3 is 2.82 bits per heavy atom.